The first-order valence-corrected chi connectivity index (χ1v) is 11.0. The van der Waals surface area contributed by atoms with E-state index in [1.54, 1.807) is 22.7 Å². The summed E-state index contributed by atoms with van der Waals surface area (Å²) in [7, 11) is -1.16. The fourth-order valence-electron chi connectivity index (χ4n) is 2.71. The first-order valence-electron chi connectivity index (χ1n) is 8.26. The van der Waals surface area contributed by atoms with E-state index in [0.717, 1.165) is 11.3 Å². The van der Waals surface area contributed by atoms with E-state index in [1.807, 2.05) is 17.5 Å². The number of anilines is 1. The molecule has 0 aliphatic rings. The van der Waals surface area contributed by atoms with E-state index in [9.17, 15) is 8.42 Å². The van der Waals surface area contributed by atoms with Gasteiger partial charge >= 0.3 is 0 Å². The van der Waals surface area contributed by atoms with Gasteiger partial charge in [-0.15, -0.1) is 16.4 Å². The second-order valence-electron chi connectivity index (χ2n) is 5.88. The molecule has 8 nitrogen and oxygen atoms in total. The third-order valence-electron chi connectivity index (χ3n) is 4.11. The first kappa shape index (κ1) is 19.5. The predicted octanol–water partition coefficient (Wildman–Crippen LogP) is 3.93. The first-order chi connectivity index (χ1) is 13.9. The van der Waals surface area contributed by atoms with Crippen LogP contribution in [-0.4, -0.2) is 37.2 Å². The number of rotatable bonds is 6. The van der Waals surface area contributed by atoms with E-state index in [2.05, 4.69) is 14.8 Å². The highest BCUT2D eigenvalue weighted by molar-refractivity contribution is 7.92. The van der Waals surface area contributed by atoms with E-state index in [0.29, 0.717) is 15.7 Å². The van der Waals surface area contributed by atoms with Gasteiger partial charge in [0.2, 0.25) is 4.96 Å². The summed E-state index contributed by atoms with van der Waals surface area (Å²) in [5.41, 5.74) is 1.66. The lowest BCUT2D eigenvalue weighted by Gasteiger charge is -2.11. The second kappa shape index (κ2) is 7.54. The highest BCUT2D eigenvalue weighted by Gasteiger charge is 2.23. The fourth-order valence-corrected chi connectivity index (χ4v) is 4.79. The number of benzene rings is 2. The molecule has 150 valence electrons. The molecular weight excluding hydrogens is 436 g/mol. The normalized spacial score (nSPS) is 11.6. The average molecular weight is 451 g/mol. The van der Waals surface area contributed by atoms with Crippen molar-refractivity contribution in [3.63, 3.8) is 0 Å². The topological polar surface area (TPSA) is 94.8 Å². The van der Waals surface area contributed by atoms with Crippen LogP contribution in [0.4, 0.5) is 5.95 Å². The molecule has 0 spiro atoms. The molecule has 0 radical (unpaired) electrons. The number of sulfonamides is 1. The third-order valence-corrected chi connectivity index (χ3v) is 6.53. The lowest BCUT2D eigenvalue weighted by atomic mass is 10.2. The molecule has 0 unspecified atom stereocenters. The Morgan fingerprint density at radius 1 is 1.10 bits per heavy atom. The number of hydrogen-bond acceptors (Lipinski definition) is 7. The van der Waals surface area contributed by atoms with Gasteiger partial charge in [0.1, 0.15) is 16.4 Å². The Morgan fingerprint density at radius 2 is 1.86 bits per heavy atom. The largest absolute Gasteiger partial charge is 0.497 e. The summed E-state index contributed by atoms with van der Waals surface area (Å²) in [5, 5.41) is 6.82. The van der Waals surface area contributed by atoms with Crippen LogP contribution in [0.1, 0.15) is 0 Å². The Morgan fingerprint density at radius 3 is 2.55 bits per heavy atom. The van der Waals surface area contributed by atoms with E-state index in [4.69, 9.17) is 21.1 Å². The fraction of sp³-hybridized carbons (Fsp3) is 0.111. The van der Waals surface area contributed by atoms with Crippen LogP contribution >= 0.6 is 22.9 Å². The molecule has 29 heavy (non-hydrogen) atoms. The molecule has 4 rings (SSSR count). The monoisotopic (exact) mass is 450 g/mol. The maximum absolute atomic E-state index is 12.9. The molecule has 0 saturated carbocycles. The van der Waals surface area contributed by atoms with Crippen molar-refractivity contribution < 1.29 is 17.9 Å². The summed E-state index contributed by atoms with van der Waals surface area (Å²) in [6, 6.07) is 11.8. The van der Waals surface area contributed by atoms with Crippen LogP contribution in [0.25, 0.3) is 16.2 Å². The van der Waals surface area contributed by atoms with Gasteiger partial charge < -0.3 is 9.47 Å². The zero-order valence-electron chi connectivity index (χ0n) is 15.3. The molecule has 2 heterocycles. The number of thiazole rings is 1. The Hall–Kier alpha value is -2.82. The van der Waals surface area contributed by atoms with Gasteiger partial charge in [0.15, 0.2) is 0 Å². The zero-order chi connectivity index (χ0) is 20.6. The summed E-state index contributed by atoms with van der Waals surface area (Å²) >= 11 is 7.29. The van der Waals surface area contributed by atoms with Gasteiger partial charge in [-0.2, -0.15) is 4.98 Å². The number of halogens is 1. The lowest BCUT2D eigenvalue weighted by molar-refractivity contribution is 0.392. The van der Waals surface area contributed by atoms with E-state index in [-0.39, 0.29) is 16.6 Å². The van der Waals surface area contributed by atoms with Crippen LogP contribution < -0.4 is 14.2 Å². The number of nitrogens with zero attached hydrogens (tertiary/aromatic N) is 3. The molecular formula is C18H15ClN4O4S2. The Kier molecular flexibility index (Phi) is 5.07. The number of fused-ring (bicyclic) bond motifs is 1. The minimum atomic E-state index is -4.00. The molecule has 1 N–H and O–H groups in total. The number of hydrogen-bond donors (Lipinski definition) is 1. The molecule has 0 aliphatic heterocycles. The van der Waals surface area contributed by atoms with Gasteiger partial charge in [-0.25, -0.2) is 17.7 Å². The summed E-state index contributed by atoms with van der Waals surface area (Å²) in [4.78, 5) is 4.74. The molecule has 0 fully saturated rings. The van der Waals surface area contributed by atoms with Crippen LogP contribution in [0.15, 0.2) is 52.7 Å². The molecule has 2 aromatic heterocycles. The van der Waals surface area contributed by atoms with Gasteiger partial charge in [-0.3, -0.25) is 0 Å². The SMILES string of the molecule is COc1ccc(OC)c(S(=O)(=O)Nc2nc3scc(-c4ccc(Cl)cc4)n3n2)c1. The average Bonchev–Trinajstić information content (AvgIpc) is 3.28. The number of methoxy groups -OCH3 is 2. The quantitative estimate of drug-likeness (QED) is 0.478. The van der Waals surface area contributed by atoms with Gasteiger partial charge in [-0.05, 0) is 24.3 Å². The van der Waals surface area contributed by atoms with Crippen molar-refractivity contribution in [2.75, 3.05) is 18.9 Å². The Bertz CT molecular complexity index is 1280. The molecule has 4 aromatic rings. The van der Waals surface area contributed by atoms with Crippen molar-refractivity contribution in [2.24, 2.45) is 0 Å². The standard InChI is InChI=1S/C18H15ClN4O4S2/c1-26-13-7-8-15(27-2)16(9-13)29(24,25)22-17-20-18-23(21-17)14(10-28-18)11-3-5-12(19)6-4-11/h3-10H,1-2H3,(H,21,22). The molecule has 0 aliphatic carbocycles. The highest BCUT2D eigenvalue weighted by Crippen LogP contribution is 2.30. The summed E-state index contributed by atoms with van der Waals surface area (Å²) < 4.78 is 40.1. The van der Waals surface area contributed by atoms with Crippen molar-refractivity contribution in [2.45, 2.75) is 4.90 Å². The molecule has 2 aromatic carbocycles. The van der Waals surface area contributed by atoms with Gasteiger partial charge in [-0.1, -0.05) is 23.7 Å². The van der Waals surface area contributed by atoms with Crippen molar-refractivity contribution >= 4 is 43.9 Å². The smallest absolute Gasteiger partial charge is 0.268 e. The summed E-state index contributed by atoms with van der Waals surface area (Å²) in [6.45, 7) is 0. The van der Waals surface area contributed by atoms with E-state index in [1.165, 1.54) is 37.7 Å². The van der Waals surface area contributed by atoms with Gasteiger partial charge in [0, 0.05) is 22.0 Å². The second-order valence-corrected chi connectivity index (χ2v) is 8.80. The molecule has 0 saturated heterocycles. The zero-order valence-corrected chi connectivity index (χ0v) is 17.7. The number of aromatic nitrogens is 3. The van der Waals surface area contributed by atoms with Crippen LogP contribution in [0.3, 0.4) is 0 Å². The predicted molar refractivity (Wildman–Crippen MR) is 112 cm³/mol. The summed E-state index contributed by atoms with van der Waals surface area (Å²) in [5.74, 6) is 0.521. The van der Waals surface area contributed by atoms with Crippen LogP contribution in [0.2, 0.25) is 5.02 Å². The minimum Gasteiger partial charge on any atom is -0.497 e. The molecule has 0 atom stereocenters. The molecule has 0 bridgehead atoms. The van der Waals surface area contributed by atoms with Crippen molar-refractivity contribution in [1.29, 1.82) is 0 Å². The van der Waals surface area contributed by atoms with E-state index < -0.39 is 10.0 Å². The van der Waals surface area contributed by atoms with Crippen LogP contribution in [-0.2, 0) is 10.0 Å². The van der Waals surface area contributed by atoms with Gasteiger partial charge in [0.05, 0.1) is 19.9 Å². The van der Waals surface area contributed by atoms with Crippen LogP contribution in [0, 0.1) is 0 Å². The highest BCUT2D eigenvalue weighted by atomic mass is 35.5. The summed E-state index contributed by atoms with van der Waals surface area (Å²) in [6.07, 6.45) is 0. The lowest BCUT2D eigenvalue weighted by Crippen LogP contribution is -2.15. The number of ether oxygens (including phenoxy) is 2. The van der Waals surface area contributed by atoms with Crippen molar-refractivity contribution in [1.82, 2.24) is 14.6 Å². The third kappa shape index (κ3) is 3.74. The van der Waals surface area contributed by atoms with Gasteiger partial charge in [0.25, 0.3) is 16.0 Å². The molecule has 11 heteroatoms. The van der Waals surface area contributed by atoms with Crippen molar-refractivity contribution in [3.05, 3.63) is 52.9 Å². The van der Waals surface area contributed by atoms with Crippen molar-refractivity contribution in [3.8, 4) is 22.8 Å². The van der Waals surface area contributed by atoms with Crippen LogP contribution in [0.5, 0.6) is 11.5 Å². The van der Waals surface area contributed by atoms with E-state index >= 15 is 0 Å². The maximum atomic E-state index is 12.9. The Labute approximate surface area is 175 Å². The Balaban J connectivity index is 1.70. The maximum Gasteiger partial charge on any atom is 0.268 e. The minimum absolute atomic E-state index is 0.0445. The molecule has 0 amide bonds. The number of nitrogens with one attached hydrogen (secondary N) is 1.